The van der Waals surface area contributed by atoms with Crippen molar-refractivity contribution in [3.05, 3.63) is 23.8 Å². The van der Waals surface area contributed by atoms with Gasteiger partial charge in [-0.25, -0.2) is 4.79 Å². The molecule has 0 spiro atoms. The van der Waals surface area contributed by atoms with Gasteiger partial charge >= 0.3 is 43.7 Å². The Balaban J connectivity index is 0. The number of carbonyl (C=O) groups is 2. The van der Waals surface area contributed by atoms with Crippen LogP contribution in [0.25, 0.3) is 0 Å². The largest absolute Gasteiger partial charge is 2.00 e. The Hall–Kier alpha value is -0.820. The van der Waals surface area contributed by atoms with Crippen LogP contribution in [-0.4, -0.2) is 60.2 Å². The van der Waals surface area contributed by atoms with E-state index >= 15 is 0 Å². The van der Waals surface area contributed by atoms with E-state index in [1.165, 1.54) is 13.0 Å². The van der Waals surface area contributed by atoms with Crippen LogP contribution in [0.2, 0.25) is 0 Å². The number of carboxylic acids is 1. The normalized spacial score (nSPS) is 8.31. The second kappa shape index (κ2) is 7.45. The maximum absolute atomic E-state index is 11.1. The zero-order chi connectivity index (χ0) is 10.7. The SMILES string of the molecule is CC(=O)Nc1ccc(C(=O)O)c([O-])c1.[Ca+2].[OH-]. The van der Waals surface area contributed by atoms with Gasteiger partial charge in [0.1, 0.15) is 0 Å². The predicted octanol–water partition coefficient (Wildman–Crippen LogP) is -0.141. The molecule has 1 aromatic rings. The van der Waals surface area contributed by atoms with Crippen LogP contribution >= 0.6 is 0 Å². The van der Waals surface area contributed by atoms with Crippen molar-refractivity contribution in [1.82, 2.24) is 0 Å². The monoisotopic (exact) mass is 251 g/mol. The Morgan fingerprint density at radius 1 is 1.38 bits per heavy atom. The first kappa shape index (κ1) is 17.6. The summed E-state index contributed by atoms with van der Waals surface area (Å²) in [4.78, 5) is 21.1. The topological polar surface area (TPSA) is 119 Å². The van der Waals surface area contributed by atoms with Crippen molar-refractivity contribution < 1.29 is 25.3 Å². The van der Waals surface area contributed by atoms with Gasteiger partial charge in [0, 0.05) is 12.6 Å². The number of carbonyl (C=O) groups excluding carboxylic acids is 1. The summed E-state index contributed by atoms with van der Waals surface area (Å²) in [6, 6.07) is 3.60. The van der Waals surface area contributed by atoms with E-state index < -0.39 is 11.7 Å². The minimum absolute atomic E-state index is 0. The Morgan fingerprint density at radius 2 is 1.94 bits per heavy atom. The second-order valence-corrected chi connectivity index (χ2v) is 2.70. The molecule has 3 N–H and O–H groups in total. The summed E-state index contributed by atoms with van der Waals surface area (Å²) in [5.74, 6) is -2.21. The molecule has 0 aliphatic heterocycles. The number of carboxylic acid groups (broad SMARTS) is 1. The van der Waals surface area contributed by atoms with Gasteiger partial charge in [-0.15, -0.1) is 0 Å². The van der Waals surface area contributed by atoms with Gasteiger partial charge in [0.25, 0.3) is 0 Å². The number of benzene rings is 1. The molecule has 0 fully saturated rings. The standard InChI is InChI=1S/C9H9NO4.Ca.H2O/c1-5(11)10-6-2-3-7(9(13)14)8(12)4-6;;/h2-4,12H,1H3,(H,10,11)(H,13,14);;1H2/q;+2;/p-2. The second-order valence-electron chi connectivity index (χ2n) is 2.70. The number of hydrogen-bond acceptors (Lipinski definition) is 4. The summed E-state index contributed by atoms with van der Waals surface area (Å²) < 4.78 is 0. The van der Waals surface area contributed by atoms with Crippen molar-refractivity contribution in [3.63, 3.8) is 0 Å². The van der Waals surface area contributed by atoms with Crippen molar-refractivity contribution >= 4 is 55.3 Å². The summed E-state index contributed by atoms with van der Waals surface area (Å²) in [6.45, 7) is 1.30. The first-order valence-electron chi connectivity index (χ1n) is 3.82. The third-order valence-electron chi connectivity index (χ3n) is 1.53. The van der Waals surface area contributed by atoms with Crippen molar-refractivity contribution in [2.75, 3.05) is 5.32 Å². The van der Waals surface area contributed by atoms with Crippen LogP contribution in [0, 0.1) is 0 Å². The Labute approximate surface area is 122 Å². The fraction of sp³-hybridized carbons (Fsp3) is 0.111. The van der Waals surface area contributed by atoms with Gasteiger partial charge in [0.2, 0.25) is 5.91 Å². The van der Waals surface area contributed by atoms with Crippen LogP contribution in [0.5, 0.6) is 5.75 Å². The summed E-state index contributed by atoms with van der Waals surface area (Å²) in [5.41, 5.74) is -0.00778. The average molecular weight is 251 g/mol. The maximum Gasteiger partial charge on any atom is 2.00 e. The summed E-state index contributed by atoms with van der Waals surface area (Å²) in [7, 11) is 0. The van der Waals surface area contributed by atoms with Crippen molar-refractivity contribution in [2.45, 2.75) is 6.92 Å². The van der Waals surface area contributed by atoms with E-state index in [2.05, 4.69) is 5.32 Å². The molecule has 0 atom stereocenters. The van der Waals surface area contributed by atoms with Gasteiger partial charge in [-0.2, -0.15) is 0 Å². The molecule has 0 unspecified atom stereocenters. The molecule has 1 amide bonds. The third kappa shape index (κ3) is 4.80. The number of nitrogens with one attached hydrogen (secondary N) is 1. The summed E-state index contributed by atoms with van der Waals surface area (Å²) in [6.07, 6.45) is 0. The smallest absolute Gasteiger partial charge is 0.872 e. The molecule has 0 saturated heterocycles. The third-order valence-corrected chi connectivity index (χ3v) is 1.53. The van der Waals surface area contributed by atoms with E-state index in [9.17, 15) is 14.7 Å². The Kier molecular flexibility index (Phi) is 8.18. The molecular formula is C9H9CaNO5. The van der Waals surface area contributed by atoms with Crippen molar-refractivity contribution in [2.24, 2.45) is 0 Å². The zero-order valence-corrected chi connectivity index (χ0v) is 10.8. The molecular weight excluding hydrogens is 242 g/mol. The first-order chi connectivity index (χ1) is 6.50. The van der Waals surface area contributed by atoms with E-state index in [0.29, 0.717) is 5.69 Å². The molecule has 0 radical (unpaired) electrons. The van der Waals surface area contributed by atoms with Crippen LogP contribution < -0.4 is 10.4 Å². The van der Waals surface area contributed by atoms with E-state index in [4.69, 9.17) is 5.11 Å². The zero-order valence-electron chi connectivity index (χ0n) is 8.56. The molecule has 16 heavy (non-hydrogen) atoms. The summed E-state index contributed by atoms with van der Waals surface area (Å²) in [5, 5.41) is 22.1. The summed E-state index contributed by atoms with van der Waals surface area (Å²) >= 11 is 0. The number of hydrogen-bond donors (Lipinski definition) is 2. The van der Waals surface area contributed by atoms with E-state index in [1.807, 2.05) is 0 Å². The Morgan fingerprint density at radius 3 is 2.31 bits per heavy atom. The minimum atomic E-state index is -1.27. The van der Waals surface area contributed by atoms with Gasteiger partial charge < -0.3 is 21.0 Å². The molecule has 6 nitrogen and oxygen atoms in total. The van der Waals surface area contributed by atoms with E-state index in [0.717, 1.165) is 12.1 Å². The van der Waals surface area contributed by atoms with Crippen LogP contribution in [0.1, 0.15) is 17.3 Å². The van der Waals surface area contributed by atoms with Crippen LogP contribution in [0.4, 0.5) is 5.69 Å². The van der Waals surface area contributed by atoms with Gasteiger partial charge in [0.15, 0.2) is 0 Å². The molecule has 0 bridgehead atoms. The fourth-order valence-corrected chi connectivity index (χ4v) is 0.980. The predicted molar refractivity (Wildman–Crippen MR) is 54.8 cm³/mol. The number of rotatable bonds is 2. The van der Waals surface area contributed by atoms with Gasteiger partial charge in [-0.3, -0.25) is 4.79 Å². The molecule has 1 rings (SSSR count). The number of amides is 1. The first-order valence-corrected chi connectivity index (χ1v) is 3.82. The quantitative estimate of drug-likeness (QED) is 0.709. The van der Waals surface area contributed by atoms with E-state index in [1.54, 1.807) is 0 Å². The molecule has 0 heterocycles. The van der Waals surface area contributed by atoms with Crippen LogP contribution in [-0.2, 0) is 4.79 Å². The van der Waals surface area contributed by atoms with Gasteiger partial charge in [-0.05, 0) is 18.2 Å². The number of aromatic carboxylic acids is 1. The molecule has 0 aromatic heterocycles. The minimum Gasteiger partial charge on any atom is -0.872 e. The number of anilines is 1. The molecule has 0 aliphatic carbocycles. The molecule has 0 saturated carbocycles. The van der Waals surface area contributed by atoms with Crippen LogP contribution in [0.3, 0.4) is 0 Å². The van der Waals surface area contributed by atoms with Crippen LogP contribution in [0.15, 0.2) is 18.2 Å². The maximum atomic E-state index is 11.1. The molecule has 7 heteroatoms. The van der Waals surface area contributed by atoms with Gasteiger partial charge in [-0.1, -0.05) is 5.75 Å². The molecule has 82 valence electrons. The van der Waals surface area contributed by atoms with Crippen molar-refractivity contribution in [3.8, 4) is 5.75 Å². The fourth-order valence-electron chi connectivity index (χ4n) is 0.980. The van der Waals surface area contributed by atoms with Crippen molar-refractivity contribution in [1.29, 1.82) is 0 Å². The average Bonchev–Trinajstić information content (AvgIpc) is 2.01. The van der Waals surface area contributed by atoms with Gasteiger partial charge in [0.05, 0.1) is 5.56 Å². The van der Waals surface area contributed by atoms with E-state index in [-0.39, 0.29) is 54.7 Å². The molecule has 1 aromatic carbocycles. The Bertz CT molecular complexity index is 393. The molecule has 0 aliphatic rings.